The van der Waals surface area contributed by atoms with E-state index in [0.29, 0.717) is 10.2 Å². The highest BCUT2D eigenvalue weighted by atomic mass is 32.1. The first-order valence-electron chi connectivity index (χ1n) is 6.03. The molecule has 1 aromatic heterocycles. The van der Waals surface area contributed by atoms with Crippen molar-refractivity contribution in [1.82, 2.24) is 9.55 Å². The zero-order valence-electron chi connectivity index (χ0n) is 11.0. The Balaban J connectivity index is 2.14. The van der Waals surface area contributed by atoms with Gasteiger partial charge < -0.3 is 19.6 Å². The molecular weight excluding hydrogens is 323 g/mol. The molecule has 0 bridgehead atoms. The van der Waals surface area contributed by atoms with E-state index in [0.717, 1.165) is 0 Å². The Kier molecular flexibility index (Phi) is 4.79. The number of hydrogen-bond acceptors (Lipinski definition) is 6. The number of aromatic amines is 1. The second kappa shape index (κ2) is 6.09. The van der Waals surface area contributed by atoms with Crippen LogP contribution in [0, 0.1) is 11.6 Å². The van der Waals surface area contributed by atoms with Crippen molar-refractivity contribution in [1.29, 1.82) is 0 Å². The molecule has 2 heterocycles. The number of H-pyrrole nitrogens is 1. The lowest BCUT2D eigenvalue weighted by molar-refractivity contribution is -0.0451. The fraction of sp³-hybridized carbons (Fsp3) is 0.600. The Labute approximate surface area is 124 Å². The minimum absolute atomic E-state index is 0.0964. The Morgan fingerprint density at radius 2 is 2.29 bits per heavy atom. The van der Waals surface area contributed by atoms with Crippen LogP contribution in [-0.2, 0) is 13.8 Å². The summed E-state index contributed by atoms with van der Waals surface area (Å²) in [4.78, 5) is 31.6. The molecule has 0 aromatic carbocycles. The maximum Gasteiger partial charge on any atom is 0.469 e. The molecule has 11 heteroatoms. The predicted octanol–water partition coefficient (Wildman–Crippen LogP) is -0.0280. The number of hydrogen-bond donors (Lipinski definition) is 4. The average molecular weight is 338 g/mol. The van der Waals surface area contributed by atoms with E-state index in [-0.39, 0.29) is 6.42 Å². The van der Waals surface area contributed by atoms with Crippen molar-refractivity contribution < 1.29 is 28.7 Å². The quantitative estimate of drug-likeness (QED) is 0.444. The van der Waals surface area contributed by atoms with E-state index in [1.807, 2.05) is 0 Å². The number of aliphatic hydroxyl groups excluding tert-OH is 1. The summed E-state index contributed by atoms with van der Waals surface area (Å²) >= 11 is 4.94. The molecule has 2 rings (SSSR count). The first-order valence-corrected chi connectivity index (χ1v) is 7.97. The maximum atomic E-state index is 11.8. The van der Waals surface area contributed by atoms with Gasteiger partial charge in [0.2, 0.25) is 0 Å². The zero-order chi connectivity index (χ0) is 15.8. The molecule has 0 amide bonds. The highest BCUT2D eigenvalue weighted by molar-refractivity contribution is 7.71. The molecule has 1 aliphatic heterocycles. The van der Waals surface area contributed by atoms with Crippen molar-refractivity contribution in [2.45, 2.75) is 31.8 Å². The molecule has 1 aromatic rings. The summed E-state index contributed by atoms with van der Waals surface area (Å²) in [7, 11) is -4.64. The summed E-state index contributed by atoms with van der Waals surface area (Å²) < 4.78 is 21.9. The maximum absolute atomic E-state index is 11.8. The van der Waals surface area contributed by atoms with E-state index in [9.17, 15) is 14.5 Å². The van der Waals surface area contributed by atoms with Crippen LogP contribution in [0.3, 0.4) is 0 Å². The molecule has 1 saturated heterocycles. The van der Waals surface area contributed by atoms with Gasteiger partial charge in [0.15, 0.2) is 0 Å². The van der Waals surface area contributed by atoms with Crippen molar-refractivity contribution in [3.8, 4) is 0 Å². The molecule has 1 aliphatic rings. The summed E-state index contributed by atoms with van der Waals surface area (Å²) in [5.74, 6) is 0. The topological polar surface area (TPSA) is 134 Å². The first kappa shape index (κ1) is 16.5. The van der Waals surface area contributed by atoms with Gasteiger partial charge in [-0.05, 0) is 6.92 Å². The minimum Gasteiger partial charge on any atom is -0.390 e. The lowest BCUT2D eigenvalue weighted by Crippen LogP contribution is -2.28. The van der Waals surface area contributed by atoms with Gasteiger partial charge in [0.1, 0.15) is 17.0 Å². The third-order valence-electron chi connectivity index (χ3n) is 3.07. The number of aromatic nitrogens is 2. The number of phosphoric ester groups is 1. The molecule has 0 unspecified atom stereocenters. The average Bonchev–Trinajstić information content (AvgIpc) is 2.72. The van der Waals surface area contributed by atoms with Gasteiger partial charge in [-0.2, -0.15) is 0 Å². The molecule has 4 N–H and O–H groups in total. The van der Waals surface area contributed by atoms with Gasteiger partial charge in [0, 0.05) is 18.2 Å². The van der Waals surface area contributed by atoms with Crippen LogP contribution in [-0.4, -0.2) is 43.3 Å². The van der Waals surface area contributed by atoms with Crippen molar-refractivity contribution >= 4 is 20.0 Å². The van der Waals surface area contributed by atoms with Crippen LogP contribution >= 0.6 is 20.0 Å². The van der Waals surface area contributed by atoms with Gasteiger partial charge >= 0.3 is 13.5 Å². The fourth-order valence-corrected chi connectivity index (χ4v) is 2.49. The minimum atomic E-state index is -4.64. The number of nitrogens with zero attached hydrogens (tertiary/aromatic N) is 1. The second-order valence-electron chi connectivity index (χ2n) is 4.70. The molecule has 9 nitrogen and oxygen atoms in total. The molecule has 1 fully saturated rings. The van der Waals surface area contributed by atoms with Gasteiger partial charge in [-0.3, -0.25) is 14.1 Å². The lowest BCUT2D eigenvalue weighted by Gasteiger charge is -2.16. The van der Waals surface area contributed by atoms with Crippen molar-refractivity contribution in [3.05, 3.63) is 26.9 Å². The van der Waals surface area contributed by atoms with Crippen molar-refractivity contribution in [3.63, 3.8) is 0 Å². The van der Waals surface area contributed by atoms with Gasteiger partial charge in [0.05, 0.1) is 12.7 Å². The Hall–Kier alpha value is -0.870. The summed E-state index contributed by atoms with van der Waals surface area (Å²) in [6.07, 6.45) is -1.09. The van der Waals surface area contributed by atoms with Crippen LogP contribution in [0.2, 0.25) is 0 Å². The third-order valence-corrected chi connectivity index (χ3v) is 3.98. The molecule has 0 saturated carbocycles. The first-order chi connectivity index (χ1) is 9.67. The van der Waals surface area contributed by atoms with E-state index < -0.39 is 38.6 Å². The van der Waals surface area contributed by atoms with E-state index in [1.54, 1.807) is 6.92 Å². The molecule has 118 valence electrons. The van der Waals surface area contributed by atoms with E-state index in [4.69, 9.17) is 26.7 Å². The monoisotopic (exact) mass is 338 g/mol. The van der Waals surface area contributed by atoms with Crippen molar-refractivity contribution in [2.24, 2.45) is 0 Å². The Morgan fingerprint density at radius 3 is 2.90 bits per heavy atom. The summed E-state index contributed by atoms with van der Waals surface area (Å²) in [6.45, 7) is 1.24. The fourth-order valence-electron chi connectivity index (χ4n) is 2.01. The lowest BCUT2D eigenvalue weighted by atomic mass is 10.2. The molecule has 0 aliphatic carbocycles. The molecule has 3 atom stereocenters. The number of aryl methyl sites for hydroxylation is 1. The van der Waals surface area contributed by atoms with Gasteiger partial charge in [-0.25, -0.2) is 9.36 Å². The van der Waals surface area contributed by atoms with Gasteiger partial charge in [-0.1, -0.05) is 12.2 Å². The van der Waals surface area contributed by atoms with Crippen LogP contribution in [0.1, 0.15) is 18.2 Å². The van der Waals surface area contributed by atoms with E-state index in [1.165, 1.54) is 10.8 Å². The molecule has 21 heavy (non-hydrogen) atoms. The summed E-state index contributed by atoms with van der Waals surface area (Å²) in [6, 6.07) is 0. The number of rotatable bonds is 4. The highest BCUT2D eigenvalue weighted by Gasteiger charge is 2.36. The Morgan fingerprint density at radius 1 is 1.62 bits per heavy atom. The Bertz CT molecular complexity index is 681. The predicted molar refractivity (Wildman–Crippen MR) is 73.2 cm³/mol. The van der Waals surface area contributed by atoms with Crippen molar-refractivity contribution in [2.75, 3.05) is 6.61 Å². The summed E-state index contributed by atoms with van der Waals surface area (Å²) in [5.41, 5.74) is 0.178. The number of nitrogens with one attached hydrogen (secondary N) is 1. The smallest absolute Gasteiger partial charge is 0.390 e. The molecule has 0 radical (unpaired) electrons. The number of ether oxygens (including phenoxy) is 1. The van der Waals surface area contributed by atoms with Crippen LogP contribution < -0.4 is 5.69 Å². The number of phosphoric acid groups is 1. The van der Waals surface area contributed by atoms with E-state index in [2.05, 4.69) is 9.51 Å². The molecule has 0 spiro atoms. The van der Waals surface area contributed by atoms with Gasteiger partial charge in [0.25, 0.3) is 0 Å². The molecular formula is C10H15N2O7PS. The largest absolute Gasteiger partial charge is 0.469 e. The van der Waals surface area contributed by atoms with Crippen LogP contribution in [0.15, 0.2) is 11.0 Å². The standard InChI is InChI=1S/C10H15N2O7PS/c1-5-3-12(10(14)11-9(5)21)8-2-6(13)7(19-8)4-18-20(15,16)17/h3,6-8,13H,2,4H2,1H3,(H,11,14,21)(H2,15,16,17)/t6-,7+,8+/m0/s1. The van der Waals surface area contributed by atoms with Crippen LogP contribution in [0.4, 0.5) is 0 Å². The second-order valence-corrected chi connectivity index (χ2v) is 6.34. The van der Waals surface area contributed by atoms with Crippen LogP contribution in [0.5, 0.6) is 0 Å². The zero-order valence-corrected chi connectivity index (χ0v) is 12.7. The SMILES string of the molecule is Cc1cn([C@H]2C[C@H](O)[C@@H](COP(=O)(O)O)O2)c(=O)[nH]c1=S. The summed E-state index contributed by atoms with van der Waals surface area (Å²) in [5, 5.41) is 9.83. The number of aliphatic hydroxyl groups is 1. The third kappa shape index (κ3) is 4.07. The van der Waals surface area contributed by atoms with Gasteiger partial charge in [-0.15, -0.1) is 0 Å². The normalized spacial score (nSPS) is 26.2. The highest BCUT2D eigenvalue weighted by Crippen LogP contribution is 2.38. The van der Waals surface area contributed by atoms with E-state index >= 15 is 0 Å². The van der Waals surface area contributed by atoms with Crippen LogP contribution in [0.25, 0.3) is 0 Å².